The summed E-state index contributed by atoms with van der Waals surface area (Å²) in [5.74, 6) is 0.987. The van der Waals surface area contributed by atoms with E-state index < -0.39 is 0 Å². The van der Waals surface area contributed by atoms with Crippen LogP contribution in [0.5, 0.6) is 5.75 Å². The minimum absolute atomic E-state index is 0.00478. The molecule has 1 fully saturated rings. The lowest BCUT2D eigenvalue weighted by Gasteiger charge is -2.36. The minimum atomic E-state index is -0.00478. The molecule has 1 aliphatic heterocycles. The SMILES string of the molecule is CCc1ncnc(-c2ccc(C(=O)N3CCCC(N(C)C)C3)c(OC)c2)c1-c1ccc(N)nc1. The number of likely N-dealkylation sites (tertiary alicyclic amines) is 1. The van der Waals surface area contributed by atoms with Crippen molar-refractivity contribution in [1.82, 2.24) is 24.8 Å². The summed E-state index contributed by atoms with van der Waals surface area (Å²) in [6, 6.07) is 9.72. The van der Waals surface area contributed by atoms with Crippen molar-refractivity contribution in [3.8, 4) is 28.1 Å². The van der Waals surface area contributed by atoms with Gasteiger partial charge in [0.25, 0.3) is 5.91 Å². The number of rotatable bonds is 6. The first-order valence-corrected chi connectivity index (χ1v) is 11.6. The molecule has 1 aromatic carbocycles. The highest BCUT2D eigenvalue weighted by atomic mass is 16.5. The monoisotopic (exact) mass is 460 g/mol. The predicted octanol–water partition coefficient (Wildman–Crippen LogP) is 3.53. The van der Waals surface area contributed by atoms with Gasteiger partial charge in [0.05, 0.1) is 24.1 Å². The van der Waals surface area contributed by atoms with Crippen LogP contribution in [0.1, 0.15) is 35.8 Å². The number of nitrogens with two attached hydrogens (primary N) is 1. The number of nitrogens with zero attached hydrogens (tertiary/aromatic N) is 5. The number of benzene rings is 1. The fraction of sp³-hybridized carbons (Fsp3) is 0.385. The summed E-state index contributed by atoms with van der Waals surface area (Å²) in [7, 11) is 5.72. The van der Waals surface area contributed by atoms with Crippen LogP contribution in [0.4, 0.5) is 5.82 Å². The zero-order valence-electron chi connectivity index (χ0n) is 20.3. The molecule has 34 heavy (non-hydrogen) atoms. The molecule has 8 nitrogen and oxygen atoms in total. The number of carbonyl (C=O) groups excluding carboxylic acids is 1. The summed E-state index contributed by atoms with van der Waals surface area (Å²) < 4.78 is 5.68. The quantitative estimate of drug-likeness (QED) is 0.601. The van der Waals surface area contributed by atoms with Gasteiger partial charge >= 0.3 is 0 Å². The van der Waals surface area contributed by atoms with Gasteiger partial charge in [0, 0.05) is 42.0 Å². The van der Waals surface area contributed by atoms with Gasteiger partial charge in [0.15, 0.2) is 0 Å². The number of pyridine rings is 1. The maximum absolute atomic E-state index is 13.4. The fourth-order valence-electron chi connectivity index (χ4n) is 4.51. The van der Waals surface area contributed by atoms with E-state index in [1.165, 1.54) is 0 Å². The van der Waals surface area contributed by atoms with Gasteiger partial charge in [-0.1, -0.05) is 13.0 Å². The van der Waals surface area contributed by atoms with Crippen molar-refractivity contribution in [3.05, 3.63) is 54.1 Å². The molecule has 1 amide bonds. The molecule has 2 N–H and O–H groups in total. The Hall–Kier alpha value is -3.52. The van der Waals surface area contributed by atoms with Crippen LogP contribution in [-0.4, -0.2) is 71.0 Å². The van der Waals surface area contributed by atoms with E-state index in [0.717, 1.165) is 60.4 Å². The minimum Gasteiger partial charge on any atom is -0.496 e. The number of amides is 1. The van der Waals surface area contributed by atoms with Gasteiger partial charge in [-0.2, -0.15) is 0 Å². The highest BCUT2D eigenvalue weighted by molar-refractivity contribution is 5.98. The average molecular weight is 461 g/mol. The van der Waals surface area contributed by atoms with E-state index in [4.69, 9.17) is 10.5 Å². The molecule has 1 aliphatic rings. The molecule has 1 saturated heterocycles. The molecule has 0 radical (unpaired) electrons. The number of ether oxygens (including phenoxy) is 1. The zero-order chi connectivity index (χ0) is 24.2. The number of aromatic nitrogens is 3. The van der Waals surface area contributed by atoms with Gasteiger partial charge in [-0.3, -0.25) is 4.79 Å². The van der Waals surface area contributed by atoms with Gasteiger partial charge in [-0.25, -0.2) is 15.0 Å². The van der Waals surface area contributed by atoms with Crippen LogP contribution >= 0.6 is 0 Å². The second kappa shape index (κ2) is 10.2. The van der Waals surface area contributed by atoms with E-state index in [-0.39, 0.29) is 5.91 Å². The van der Waals surface area contributed by atoms with Crippen molar-refractivity contribution in [2.45, 2.75) is 32.2 Å². The Bertz CT molecular complexity index is 1160. The first kappa shape index (κ1) is 23.6. The Kier molecular flexibility index (Phi) is 7.07. The van der Waals surface area contributed by atoms with Crippen molar-refractivity contribution in [3.63, 3.8) is 0 Å². The smallest absolute Gasteiger partial charge is 0.257 e. The van der Waals surface area contributed by atoms with Crippen LogP contribution in [0.15, 0.2) is 42.9 Å². The molecule has 2 aromatic heterocycles. The third-order valence-corrected chi connectivity index (χ3v) is 6.46. The number of methoxy groups -OCH3 is 1. The first-order valence-electron chi connectivity index (χ1n) is 11.6. The summed E-state index contributed by atoms with van der Waals surface area (Å²) in [4.78, 5) is 30.9. The molecule has 3 aromatic rings. The fourth-order valence-corrected chi connectivity index (χ4v) is 4.51. The molecular formula is C26H32N6O2. The molecule has 1 atom stereocenters. The number of piperidine rings is 1. The molecule has 3 heterocycles. The lowest BCUT2D eigenvalue weighted by molar-refractivity contribution is 0.0632. The number of nitrogen functional groups attached to an aromatic ring is 1. The normalized spacial score (nSPS) is 16.0. The molecule has 0 aliphatic carbocycles. The van der Waals surface area contributed by atoms with Crippen molar-refractivity contribution in [1.29, 1.82) is 0 Å². The van der Waals surface area contributed by atoms with Crippen LogP contribution in [0.25, 0.3) is 22.4 Å². The van der Waals surface area contributed by atoms with Crippen LogP contribution in [0, 0.1) is 0 Å². The second-order valence-electron chi connectivity index (χ2n) is 8.80. The molecule has 4 rings (SSSR count). The van der Waals surface area contributed by atoms with Crippen LogP contribution < -0.4 is 10.5 Å². The topological polar surface area (TPSA) is 97.5 Å². The Balaban J connectivity index is 1.72. The van der Waals surface area contributed by atoms with Crippen LogP contribution in [0.3, 0.4) is 0 Å². The number of anilines is 1. The van der Waals surface area contributed by atoms with Crippen molar-refractivity contribution in [2.24, 2.45) is 0 Å². The Morgan fingerprint density at radius 2 is 1.97 bits per heavy atom. The van der Waals surface area contributed by atoms with Crippen molar-refractivity contribution in [2.75, 3.05) is 40.0 Å². The standard InChI is InChI=1S/C26H32N6O2/c1-5-21-24(18-9-11-23(27)28-14-18)25(30-16-29-21)17-8-10-20(22(13-17)34-4)26(33)32-12-6-7-19(15-32)31(2)3/h8-11,13-14,16,19H,5-7,12,15H2,1-4H3,(H2,27,28). The molecule has 8 heteroatoms. The van der Waals surface area contributed by atoms with Crippen LogP contribution in [0.2, 0.25) is 0 Å². The Morgan fingerprint density at radius 1 is 1.18 bits per heavy atom. The lowest BCUT2D eigenvalue weighted by Crippen LogP contribution is -2.47. The van der Waals surface area contributed by atoms with E-state index in [1.807, 2.05) is 29.2 Å². The molecule has 178 valence electrons. The van der Waals surface area contributed by atoms with E-state index >= 15 is 0 Å². The second-order valence-corrected chi connectivity index (χ2v) is 8.80. The van der Waals surface area contributed by atoms with Gasteiger partial charge in [0.1, 0.15) is 17.9 Å². The van der Waals surface area contributed by atoms with Gasteiger partial charge in [-0.05, 0) is 57.6 Å². The third kappa shape index (κ3) is 4.72. The summed E-state index contributed by atoms with van der Waals surface area (Å²) in [5.41, 5.74) is 10.7. The zero-order valence-corrected chi connectivity index (χ0v) is 20.3. The predicted molar refractivity (Wildman–Crippen MR) is 134 cm³/mol. The number of likely N-dealkylation sites (N-methyl/N-ethyl adjacent to an activating group) is 1. The summed E-state index contributed by atoms with van der Waals surface area (Å²) in [6.07, 6.45) is 6.15. The van der Waals surface area contributed by atoms with E-state index in [0.29, 0.717) is 23.2 Å². The highest BCUT2D eigenvalue weighted by Gasteiger charge is 2.27. The summed E-state index contributed by atoms with van der Waals surface area (Å²) >= 11 is 0. The third-order valence-electron chi connectivity index (χ3n) is 6.46. The molecule has 0 spiro atoms. The van der Waals surface area contributed by atoms with Gasteiger partial charge in [0.2, 0.25) is 0 Å². The molecule has 1 unspecified atom stereocenters. The maximum atomic E-state index is 13.4. The summed E-state index contributed by atoms with van der Waals surface area (Å²) in [5, 5.41) is 0. The maximum Gasteiger partial charge on any atom is 0.257 e. The number of hydrogen-bond donors (Lipinski definition) is 1. The molecular weight excluding hydrogens is 428 g/mol. The Morgan fingerprint density at radius 3 is 2.65 bits per heavy atom. The first-order chi connectivity index (χ1) is 16.4. The average Bonchev–Trinajstić information content (AvgIpc) is 2.88. The van der Waals surface area contributed by atoms with Gasteiger partial charge in [-0.15, -0.1) is 0 Å². The van der Waals surface area contributed by atoms with E-state index in [9.17, 15) is 4.79 Å². The van der Waals surface area contributed by atoms with Crippen molar-refractivity contribution >= 4 is 11.7 Å². The highest BCUT2D eigenvalue weighted by Crippen LogP contribution is 2.35. The number of aryl methyl sites for hydroxylation is 1. The van der Waals surface area contributed by atoms with E-state index in [1.54, 1.807) is 25.7 Å². The Labute approximate surface area is 200 Å². The largest absolute Gasteiger partial charge is 0.496 e. The molecule has 0 saturated carbocycles. The summed E-state index contributed by atoms with van der Waals surface area (Å²) in [6.45, 7) is 3.53. The lowest BCUT2D eigenvalue weighted by atomic mass is 9.96. The van der Waals surface area contributed by atoms with Crippen LogP contribution in [-0.2, 0) is 6.42 Å². The number of carbonyl (C=O) groups is 1. The molecule has 0 bridgehead atoms. The van der Waals surface area contributed by atoms with Gasteiger partial charge < -0.3 is 20.3 Å². The van der Waals surface area contributed by atoms with E-state index in [2.05, 4.69) is 40.9 Å². The van der Waals surface area contributed by atoms with Crippen molar-refractivity contribution < 1.29 is 9.53 Å². The number of hydrogen-bond acceptors (Lipinski definition) is 7.